The maximum absolute atomic E-state index is 9.82. The summed E-state index contributed by atoms with van der Waals surface area (Å²) in [5.74, 6) is 0.984. The van der Waals surface area contributed by atoms with Crippen molar-refractivity contribution in [1.29, 1.82) is 0 Å². The summed E-state index contributed by atoms with van der Waals surface area (Å²) in [5.41, 5.74) is 1.77. The third-order valence-electron chi connectivity index (χ3n) is 3.11. The van der Waals surface area contributed by atoms with Crippen LogP contribution in [0.2, 0.25) is 0 Å². The molecule has 5 nitrogen and oxygen atoms in total. The van der Waals surface area contributed by atoms with Gasteiger partial charge in [0.1, 0.15) is 5.69 Å². The molecule has 1 N–H and O–H groups in total. The first-order valence-electron chi connectivity index (χ1n) is 6.43. The van der Waals surface area contributed by atoms with Gasteiger partial charge < -0.3 is 9.63 Å². The lowest BCUT2D eigenvalue weighted by Crippen LogP contribution is -2.20. The van der Waals surface area contributed by atoms with Crippen LogP contribution in [0.25, 0.3) is 11.5 Å². The smallest absolute Gasteiger partial charge is 0.232 e. The van der Waals surface area contributed by atoms with Crippen LogP contribution in [0.15, 0.2) is 22.9 Å². The fraction of sp³-hybridized carbons (Fsp3) is 0.500. The van der Waals surface area contributed by atoms with Gasteiger partial charge in [-0.25, -0.2) is 0 Å². The normalized spacial score (nSPS) is 14.6. The fourth-order valence-corrected chi connectivity index (χ4v) is 2.18. The molecule has 0 amide bonds. The molecule has 0 fully saturated rings. The van der Waals surface area contributed by atoms with Gasteiger partial charge in [0.25, 0.3) is 0 Å². The summed E-state index contributed by atoms with van der Waals surface area (Å²) in [6, 6.07) is 3.82. The Morgan fingerprint density at radius 2 is 2.00 bits per heavy atom. The van der Waals surface area contributed by atoms with Crippen molar-refractivity contribution in [2.45, 2.75) is 39.7 Å². The Labute approximate surface area is 112 Å². The minimum absolute atomic E-state index is 0.161. The summed E-state index contributed by atoms with van der Waals surface area (Å²) in [5, 5.41) is 13.8. The molecule has 2 aromatic rings. The van der Waals surface area contributed by atoms with E-state index in [0.29, 0.717) is 17.4 Å². The van der Waals surface area contributed by atoms with Gasteiger partial charge in [0.15, 0.2) is 0 Å². The van der Waals surface area contributed by atoms with Gasteiger partial charge in [-0.1, -0.05) is 19.0 Å². The second-order valence-corrected chi connectivity index (χ2v) is 5.19. The summed E-state index contributed by atoms with van der Waals surface area (Å²) in [7, 11) is 0. The number of aryl methyl sites for hydroxylation is 1. The van der Waals surface area contributed by atoms with E-state index in [-0.39, 0.29) is 11.8 Å². The standard InChI is InChI=1S/C14H19N3O2/c1-8(2)12(10(4)18)14-16-13(17-19-14)11-7-9(3)5-6-15-11/h5-8,10,12,18H,1-4H3. The molecule has 2 unspecified atom stereocenters. The molecule has 2 rings (SSSR count). The maximum Gasteiger partial charge on any atom is 0.232 e. The minimum atomic E-state index is -0.529. The minimum Gasteiger partial charge on any atom is -0.393 e. The highest BCUT2D eigenvalue weighted by molar-refractivity contribution is 5.49. The fourth-order valence-electron chi connectivity index (χ4n) is 2.18. The van der Waals surface area contributed by atoms with Crippen molar-refractivity contribution in [2.75, 3.05) is 0 Å². The van der Waals surface area contributed by atoms with E-state index in [0.717, 1.165) is 5.56 Å². The molecular weight excluding hydrogens is 242 g/mol. The van der Waals surface area contributed by atoms with Crippen molar-refractivity contribution in [3.05, 3.63) is 29.8 Å². The molecule has 0 saturated carbocycles. The summed E-state index contributed by atoms with van der Waals surface area (Å²) >= 11 is 0. The molecule has 102 valence electrons. The van der Waals surface area contributed by atoms with E-state index in [9.17, 15) is 5.11 Å². The predicted molar refractivity (Wildman–Crippen MR) is 71.5 cm³/mol. The molecule has 2 atom stereocenters. The van der Waals surface area contributed by atoms with Crippen molar-refractivity contribution in [1.82, 2.24) is 15.1 Å². The number of aromatic nitrogens is 3. The van der Waals surface area contributed by atoms with Crippen LogP contribution < -0.4 is 0 Å². The average molecular weight is 261 g/mol. The number of hydrogen-bond donors (Lipinski definition) is 1. The molecule has 0 aliphatic heterocycles. The van der Waals surface area contributed by atoms with E-state index in [1.54, 1.807) is 13.1 Å². The highest BCUT2D eigenvalue weighted by atomic mass is 16.5. The molecule has 2 heterocycles. The molecule has 0 saturated heterocycles. The van der Waals surface area contributed by atoms with Crippen molar-refractivity contribution < 1.29 is 9.63 Å². The summed E-state index contributed by atoms with van der Waals surface area (Å²) in [6.07, 6.45) is 1.19. The van der Waals surface area contributed by atoms with E-state index in [2.05, 4.69) is 15.1 Å². The zero-order valence-electron chi connectivity index (χ0n) is 11.7. The molecule has 0 aliphatic rings. The van der Waals surface area contributed by atoms with Crippen LogP contribution in [0.1, 0.15) is 38.1 Å². The average Bonchev–Trinajstić information content (AvgIpc) is 2.77. The zero-order valence-corrected chi connectivity index (χ0v) is 11.7. The van der Waals surface area contributed by atoms with Crippen molar-refractivity contribution in [3.8, 4) is 11.5 Å². The topological polar surface area (TPSA) is 72.0 Å². The van der Waals surface area contributed by atoms with Crippen LogP contribution in [-0.2, 0) is 0 Å². The van der Waals surface area contributed by atoms with E-state index < -0.39 is 6.10 Å². The number of rotatable bonds is 4. The molecule has 0 bridgehead atoms. The lowest BCUT2D eigenvalue weighted by molar-refractivity contribution is 0.120. The van der Waals surface area contributed by atoms with Gasteiger partial charge in [-0.3, -0.25) is 4.98 Å². The first-order chi connectivity index (χ1) is 8.99. The van der Waals surface area contributed by atoms with Crippen molar-refractivity contribution >= 4 is 0 Å². The number of aliphatic hydroxyl groups is 1. The Hall–Kier alpha value is -1.75. The van der Waals surface area contributed by atoms with E-state index >= 15 is 0 Å². The third-order valence-corrected chi connectivity index (χ3v) is 3.11. The second kappa shape index (κ2) is 5.48. The van der Waals surface area contributed by atoms with Crippen LogP contribution in [0, 0.1) is 12.8 Å². The number of aliphatic hydroxyl groups excluding tert-OH is 1. The van der Waals surface area contributed by atoms with E-state index in [1.807, 2.05) is 32.9 Å². The Kier molecular flexibility index (Phi) is 3.95. The lowest BCUT2D eigenvalue weighted by atomic mass is 9.91. The van der Waals surface area contributed by atoms with Crippen LogP contribution in [0.5, 0.6) is 0 Å². The molecule has 0 spiro atoms. The number of nitrogens with zero attached hydrogens (tertiary/aromatic N) is 3. The van der Waals surface area contributed by atoms with Crippen molar-refractivity contribution in [2.24, 2.45) is 5.92 Å². The zero-order chi connectivity index (χ0) is 14.0. The molecular formula is C14H19N3O2. The van der Waals surface area contributed by atoms with Crippen LogP contribution in [0.3, 0.4) is 0 Å². The predicted octanol–water partition coefficient (Wildman–Crippen LogP) is 2.56. The first kappa shape index (κ1) is 13.7. The molecule has 2 aromatic heterocycles. The molecule has 19 heavy (non-hydrogen) atoms. The van der Waals surface area contributed by atoms with Gasteiger partial charge >= 0.3 is 0 Å². The molecule has 5 heteroatoms. The third kappa shape index (κ3) is 2.98. The van der Waals surface area contributed by atoms with E-state index in [4.69, 9.17) is 4.52 Å². The number of pyridine rings is 1. The largest absolute Gasteiger partial charge is 0.393 e. The van der Waals surface area contributed by atoms with Gasteiger partial charge in [0.2, 0.25) is 11.7 Å². The van der Waals surface area contributed by atoms with Crippen LogP contribution in [0.4, 0.5) is 0 Å². The van der Waals surface area contributed by atoms with E-state index in [1.165, 1.54) is 0 Å². The van der Waals surface area contributed by atoms with Gasteiger partial charge in [-0.15, -0.1) is 0 Å². The van der Waals surface area contributed by atoms with Gasteiger partial charge in [-0.2, -0.15) is 4.98 Å². The summed E-state index contributed by atoms with van der Waals surface area (Å²) in [4.78, 5) is 8.59. The molecule has 0 aliphatic carbocycles. The Bertz CT molecular complexity index is 541. The van der Waals surface area contributed by atoms with Gasteiger partial charge in [-0.05, 0) is 37.5 Å². The molecule has 0 radical (unpaired) electrons. The second-order valence-electron chi connectivity index (χ2n) is 5.19. The Balaban J connectivity index is 2.33. The quantitative estimate of drug-likeness (QED) is 0.915. The van der Waals surface area contributed by atoms with Crippen molar-refractivity contribution in [3.63, 3.8) is 0 Å². The molecule has 0 aromatic carbocycles. The lowest BCUT2D eigenvalue weighted by Gasteiger charge is -2.19. The van der Waals surface area contributed by atoms with Gasteiger partial charge in [0, 0.05) is 6.20 Å². The number of hydrogen-bond acceptors (Lipinski definition) is 5. The van der Waals surface area contributed by atoms with Crippen LogP contribution >= 0.6 is 0 Å². The van der Waals surface area contributed by atoms with Gasteiger partial charge in [0.05, 0.1) is 12.0 Å². The SMILES string of the molecule is Cc1ccnc(-c2noc(C(C(C)C)C(C)O)n2)c1. The highest BCUT2D eigenvalue weighted by Crippen LogP contribution is 2.28. The summed E-state index contributed by atoms with van der Waals surface area (Å²) < 4.78 is 5.28. The first-order valence-corrected chi connectivity index (χ1v) is 6.43. The monoisotopic (exact) mass is 261 g/mol. The van der Waals surface area contributed by atoms with Crippen LogP contribution in [-0.4, -0.2) is 26.3 Å². The maximum atomic E-state index is 9.82. The summed E-state index contributed by atoms with van der Waals surface area (Å²) in [6.45, 7) is 7.76. The Morgan fingerprint density at radius 3 is 2.58 bits per heavy atom. The highest BCUT2D eigenvalue weighted by Gasteiger charge is 2.27. The Morgan fingerprint density at radius 1 is 1.26 bits per heavy atom.